The fraction of sp³-hybridized carbons (Fsp3) is 0.516. The predicted octanol–water partition coefficient (Wildman–Crippen LogP) is 6.08. The third-order valence-corrected chi connectivity index (χ3v) is 8.81. The van der Waals surface area contributed by atoms with E-state index in [0.717, 1.165) is 16.7 Å². The third-order valence-electron chi connectivity index (χ3n) is 7.46. The first-order valence-electron chi connectivity index (χ1n) is 14.1. The standard InChI is InChI=1S/C31H41N3O6S/c1-17(2)22-12-24(18(3)4)30(25(13-22)19(5)6)41(36,37)40-31-26-14-29(39-23-10-11-34(16-23)21(8)35)28(38-9)15-27(26)32-20(7)33-31/h12-15,17-19,23H,10-11,16H2,1-9H3/t23-/m0/s1. The molecule has 10 heteroatoms. The Morgan fingerprint density at radius 3 is 2.10 bits per heavy atom. The predicted molar refractivity (Wildman–Crippen MR) is 159 cm³/mol. The van der Waals surface area contributed by atoms with Gasteiger partial charge in [-0.2, -0.15) is 13.4 Å². The van der Waals surface area contributed by atoms with Gasteiger partial charge in [0, 0.05) is 26.0 Å². The van der Waals surface area contributed by atoms with Gasteiger partial charge >= 0.3 is 10.1 Å². The van der Waals surface area contributed by atoms with Crippen LogP contribution in [0.3, 0.4) is 0 Å². The Bertz CT molecular complexity index is 1540. The fourth-order valence-electron chi connectivity index (χ4n) is 5.15. The monoisotopic (exact) mass is 583 g/mol. The van der Waals surface area contributed by atoms with Crippen LogP contribution in [0.5, 0.6) is 17.4 Å². The third kappa shape index (κ3) is 6.42. The maximum absolute atomic E-state index is 14.1. The average molecular weight is 584 g/mol. The average Bonchev–Trinajstić information content (AvgIpc) is 3.36. The minimum absolute atomic E-state index is 0.00527. The van der Waals surface area contributed by atoms with Crippen LogP contribution in [0.1, 0.15) is 95.2 Å². The molecular formula is C31H41N3O6S. The van der Waals surface area contributed by atoms with Gasteiger partial charge in [-0.15, -0.1) is 0 Å². The number of aromatic nitrogens is 2. The number of hydrogen-bond donors (Lipinski definition) is 0. The van der Waals surface area contributed by atoms with Crippen molar-refractivity contribution in [2.24, 2.45) is 0 Å². The number of amides is 1. The second kappa shape index (κ2) is 11.8. The lowest BCUT2D eigenvalue weighted by Crippen LogP contribution is -2.28. The van der Waals surface area contributed by atoms with Gasteiger partial charge in [0.1, 0.15) is 16.8 Å². The summed E-state index contributed by atoms with van der Waals surface area (Å²) in [6, 6.07) is 7.30. The van der Waals surface area contributed by atoms with E-state index in [1.165, 1.54) is 14.0 Å². The van der Waals surface area contributed by atoms with Gasteiger partial charge < -0.3 is 18.6 Å². The summed E-state index contributed by atoms with van der Waals surface area (Å²) in [5, 5.41) is 0.382. The second-order valence-corrected chi connectivity index (χ2v) is 13.1. The summed E-state index contributed by atoms with van der Waals surface area (Å²) in [7, 11) is -2.76. The number of hydrogen-bond acceptors (Lipinski definition) is 8. The highest BCUT2D eigenvalue weighted by atomic mass is 32.2. The minimum atomic E-state index is -4.29. The Hall–Kier alpha value is -3.40. The Kier molecular flexibility index (Phi) is 8.82. The van der Waals surface area contributed by atoms with Crippen LogP contribution >= 0.6 is 0 Å². The molecule has 3 aromatic rings. The van der Waals surface area contributed by atoms with Gasteiger partial charge in [-0.1, -0.05) is 53.7 Å². The summed E-state index contributed by atoms with van der Waals surface area (Å²) in [6.07, 6.45) is 0.442. The van der Waals surface area contributed by atoms with Crippen LogP contribution in [0.25, 0.3) is 10.9 Å². The first-order valence-corrected chi connectivity index (χ1v) is 15.5. The van der Waals surface area contributed by atoms with E-state index in [4.69, 9.17) is 13.7 Å². The molecule has 41 heavy (non-hydrogen) atoms. The number of rotatable bonds is 9. The molecule has 1 fully saturated rings. The van der Waals surface area contributed by atoms with Crippen molar-refractivity contribution in [1.29, 1.82) is 0 Å². The lowest BCUT2D eigenvalue weighted by molar-refractivity contribution is -0.128. The number of carbonyl (C=O) groups is 1. The molecule has 0 spiro atoms. The smallest absolute Gasteiger partial charge is 0.341 e. The van der Waals surface area contributed by atoms with E-state index in [9.17, 15) is 13.2 Å². The molecule has 1 aromatic heterocycles. The molecule has 0 N–H and O–H groups in total. The largest absolute Gasteiger partial charge is 0.493 e. The Balaban J connectivity index is 1.83. The van der Waals surface area contributed by atoms with Crippen LogP contribution in [-0.2, 0) is 14.9 Å². The van der Waals surface area contributed by atoms with E-state index < -0.39 is 10.1 Å². The number of aryl methyl sites for hydroxylation is 1. The molecule has 0 saturated carbocycles. The van der Waals surface area contributed by atoms with E-state index in [1.54, 1.807) is 24.0 Å². The first kappa shape index (κ1) is 30.6. The Morgan fingerprint density at radius 1 is 0.951 bits per heavy atom. The minimum Gasteiger partial charge on any atom is -0.493 e. The van der Waals surface area contributed by atoms with Gasteiger partial charge in [-0.25, -0.2) is 4.98 Å². The lowest BCUT2D eigenvalue weighted by atomic mass is 9.89. The molecule has 0 bridgehead atoms. The maximum atomic E-state index is 14.1. The number of benzene rings is 2. The summed E-state index contributed by atoms with van der Waals surface area (Å²) in [6.45, 7) is 16.4. The van der Waals surface area contributed by atoms with Crippen LogP contribution in [0.15, 0.2) is 29.2 Å². The molecule has 4 rings (SSSR count). The number of fused-ring (bicyclic) bond motifs is 1. The Labute approximate surface area is 243 Å². The van der Waals surface area contributed by atoms with E-state index in [-0.39, 0.29) is 40.5 Å². The van der Waals surface area contributed by atoms with Gasteiger partial charge in [0.05, 0.1) is 24.6 Å². The maximum Gasteiger partial charge on any atom is 0.341 e. The van der Waals surface area contributed by atoms with E-state index in [2.05, 4.69) is 23.8 Å². The summed E-state index contributed by atoms with van der Waals surface area (Å²) in [5.74, 6) is 1.27. The molecule has 1 amide bonds. The number of methoxy groups -OCH3 is 1. The van der Waals surface area contributed by atoms with Crippen molar-refractivity contribution in [2.75, 3.05) is 20.2 Å². The summed E-state index contributed by atoms with van der Waals surface area (Å²) in [4.78, 5) is 22.6. The Morgan fingerprint density at radius 2 is 1.59 bits per heavy atom. The molecule has 0 radical (unpaired) electrons. The van der Waals surface area contributed by atoms with Crippen molar-refractivity contribution in [1.82, 2.24) is 14.9 Å². The van der Waals surface area contributed by atoms with Crippen molar-refractivity contribution in [3.63, 3.8) is 0 Å². The normalized spacial score (nSPS) is 15.8. The first-order chi connectivity index (χ1) is 19.2. The zero-order valence-corrected chi connectivity index (χ0v) is 26.3. The summed E-state index contributed by atoms with van der Waals surface area (Å²) >= 11 is 0. The lowest BCUT2D eigenvalue weighted by Gasteiger charge is -2.22. The SMILES string of the molecule is COc1cc2nc(C)nc(OS(=O)(=O)c3c(C(C)C)cc(C(C)C)cc3C(C)C)c2cc1O[C@H]1CCN(C(C)=O)C1. The molecule has 222 valence electrons. The highest BCUT2D eigenvalue weighted by Crippen LogP contribution is 2.40. The molecular weight excluding hydrogens is 542 g/mol. The van der Waals surface area contributed by atoms with E-state index in [1.807, 2.05) is 39.8 Å². The van der Waals surface area contributed by atoms with E-state index in [0.29, 0.717) is 47.7 Å². The van der Waals surface area contributed by atoms with Gasteiger partial charge in [0.2, 0.25) is 11.8 Å². The van der Waals surface area contributed by atoms with Crippen molar-refractivity contribution in [3.05, 3.63) is 46.8 Å². The second-order valence-electron chi connectivity index (χ2n) is 11.6. The van der Waals surface area contributed by atoms with Gasteiger partial charge in [-0.3, -0.25) is 4.79 Å². The van der Waals surface area contributed by atoms with Crippen molar-refractivity contribution in [3.8, 4) is 17.4 Å². The van der Waals surface area contributed by atoms with Gasteiger partial charge in [-0.05, 0) is 47.4 Å². The molecule has 1 saturated heterocycles. The van der Waals surface area contributed by atoms with Crippen LogP contribution in [0.2, 0.25) is 0 Å². The van der Waals surface area contributed by atoms with Crippen LogP contribution < -0.4 is 13.7 Å². The molecule has 9 nitrogen and oxygen atoms in total. The zero-order valence-electron chi connectivity index (χ0n) is 25.4. The van der Waals surface area contributed by atoms with Gasteiger partial charge in [0.15, 0.2) is 11.5 Å². The molecule has 0 unspecified atom stereocenters. The molecule has 1 atom stereocenters. The highest BCUT2D eigenvalue weighted by molar-refractivity contribution is 7.87. The van der Waals surface area contributed by atoms with Gasteiger partial charge in [0.25, 0.3) is 0 Å². The van der Waals surface area contributed by atoms with Crippen molar-refractivity contribution < 1.29 is 26.9 Å². The van der Waals surface area contributed by atoms with Crippen LogP contribution in [0, 0.1) is 6.92 Å². The molecule has 2 aromatic carbocycles. The zero-order chi connectivity index (χ0) is 30.2. The number of ether oxygens (including phenoxy) is 2. The molecule has 1 aliphatic rings. The number of carbonyl (C=O) groups excluding carboxylic acids is 1. The quantitative estimate of drug-likeness (QED) is 0.279. The summed E-state index contributed by atoms with van der Waals surface area (Å²) in [5.41, 5.74) is 2.99. The highest BCUT2D eigenvalue weighted by Gasteiger charge is 2.31. The summed E-state index contributed by atoms with van der Waals surface area (Å²) < 4.78 is 45.9. The van der Waals surface area contributed by atoms with Crippen LogP contribution in [0.4, 0.5) is 0 Å². The fourth-order valence-corrected chi connectivity index (χ4v) is 6.73. The number of likely N-dealkylation sites (tertiary alicyclic amines) is 1. The van der Waals surface area contributed by atoms with Crippen molar-refractivity contribution in [2.45, 2.75) is 90.6 Å². The molecule has 0 aliphatic carbocycles. The van der Waals surface area contributed by atoms with Crippen LogP contribution in [-0.4, -0.2) is 55.5 Å². The molecule has 2 heterocycles. The molecule has 1 aliphatic heterocycles. The number of nitrogens with zero attached hydrogens (tertiary/aromatic N) is 3. The topological polar surface area (TPSA) is 108 Å². The van der Waals surface area contributed by atoms with Crippen molar-refractivity contribution >= 4 is 26.9 Å². The van der Waals surface area contributed by atoms with E-state index >= 15 is 0 Å².